The van der Waals surface area contributed by atoms with Gasteiger partial charge in [-0.2, -0.15) is 0 Å². The molecule has 0 aliphatic rings. The normalized spacial score (nSPS) is 12.4. The van der Waals surface area contributed by atoms with Crippen LogP contribution in [0.4, 0.5) is 4.39 Å². The van der Waals surface area contributed by atoms with Crippen molar-refractivity contribution >= 4 is 0 Å². The van der Waals surface area contributed by atoms with E-state index in [1.165, 1.54) is 17.2 Å². The second-order valence-electron chi connectivity index (χ2n) is 5.12. The minimum atomic E-state index is -0.180. The summed E-state index contributed by atoms with van der Waals surface area (Å²) < 4.78 is 13.3. The van der Waals surface area contributed by atoms with Crippen molar-refractivity contribution in [3.05, 3.63) is 70.5 Å². The summed E-state index contributed by atoms with van der Waals surface area (Å²) in [7, 11) is 0. The molecule has 0 aromatic heterocycles. The molecule has 0 aliphatic carbocycles. The molecule has 0 bridgehead atoms. The quantitative estimate of drug-likeness (QED) is 0.887. The van der Waals surface area contributed by atoms with E-state index in [-0.39, 0.29) is 11.7 Å². The van der Waals surface area contributed by atoms with Gasteiger partial charge in [0.15, 0.2) is 0 Å². The maximum absolute atomic E-state index is 13.3. The zero-order chi connectivity index (χ0) is 13.8. The summed E-state index contributed by atoms with van der Waals surface area (Å²) in [5.41, 5.74) is 10.5. The Hall–Kier alpha value is -1.67. The van der Waals surface area contributed by atoms with Crippen LogP contribution in [0.25, 0.3) is 0 Å². The molecule has 1 nitrogen and oxygen atoms in total. The van der Waals surface area contributed by atoms with E-state index in [0.29, 0.717) is 6.54 Å². The molecule has 1 atom stereocenters. The lowest BCUT2D eigenvalue weighted by Crippen LogP contribution is -2.15. The van der Waals surface area contributed by atoms with E-state index in [9.17, 15) is 4.39 Å². The van der Waals surface area contributed by atoms with Crippen molar-refractivity contribution in [1.82, 2.24) is 0 Å². The minimum absolute atomic E-state index is 0.180. The third kappa shape index (κ3) is 3.42. The largest absolute Gasteiger partial charge is 0.330 e. The van der Waals surface area contributed by atoms with Crippen LogP contribution in [0, 0.1) is 19.7 Å². The zero-order valence-corrected chi connectivity index (χ0v) is 11.5. The van der Waals surface area contributed by atoms with Crippen LogP contribution in [-0.4, -0.2) is 6.54 Å². The third-order valence-electron chi connectivity index (χ3n) is 3.58. The van der Waals surface area contributed by atoms with Gasteiger partial charge in [0.2, 0.25) is 0 Å². The van der Waals surface area contributed by atoms with Gasteiger partial charge in [0, 0.05) is 5.92 Å². The highest BCUT2D eigenvalue weighted by molar-refractivity contribution is 5.32. The van der Waals surface area contributed by atoms with Crippen molar-refractivity contribution in [3.8, 4) is 0 Å². The lowest BCUT2D eigenvalue weighted by Gasteiger charge is -2.17. The van der Waals surface area contributed by atoms with Gasteiger partial charge < -0.3 is 5.73 Å². The average Bonchev–Trinajstić information content (AvgIpc) is 2.39. The zero-order valence-electron chi connectivity index (χ0n) is 11.5. The van der Waals surface area contributed by atoms with Crippen LogP contribution in [0.15, 0.2) is 42.5 Å². The van der Waals surface area contributed by atoms with E-state index < -0.39 is 0 Å². The molecule has 0 amide bonds. The number of rotatable bonds is 4. The first-order valence-electron chi connectivity index (χ1n) is 6.62. The number of hydrogen-bond donors (Lipinski definition) is 1. The molecule has 2 aromatic carbocycles. The van der Waals surface area contributed by atoms with Gasteiger partial charge in [0.1, 0.15) is 5.82 Å². The Labute approximate surface area is 114 Å². The van der Waals surface area contributed by atoms with Crippen molar-refractivity contribution in [2.24, 2.45) is 5.73 Å². The fraction of sp³-hybridized carbons (Fsp3) is 0.294. The molecule has 2 N–H and O–H groups in total. The highest BCUT2D eigenvalue weighted by Gasteiger charge is 2.12. The number of aryl methyl sites for hydroxylation is 2. The Balaban J connectivity index is 2.26. The van der Waals surface area contributed by atoms with Crippen molar-refractivity contribution in [3.63, 3.8) is 0 Å². The Kier molecular flexibility index (Phi) is 4.33. The molecule has 0 fully saturated rings. The molecule has 0 saturated carbocycles. The van der Waals surface area contributed by atoms with Crippen LogP contribution in [0.3, 0.4) is 0 Å². The molecule has 100 valence electrons. The molecule has 0 saturated heterocycles. The Bertz CT molecular complexity index is 563. The molecular weight excluding hydrogens is 237 g/mol. The summed E-state index contributed by atoms with van der Waals surface area (Å²) in [4.78, 5) is 0. The molecule has 2 aromatic rings. The minimum Gasteiger partial charge on any atom is -0.330 e. The van der Waals surface area contributed by atoms with Gasteiger partial charge in [0.05, 0.1) is 0 Å². The second kappa shape index (κ2) is 5.98. The van der Waals surface area contributed by atoms with Crippen molar-refractivity contribution < 1.29 is 4.39 Å². The van der Waals surface area contributed by atoms with Crippen LogP contribution in [0.1, 0.15) is 28.2 Å². The maximum atomic E-state index is 13.3. The van der Waals surface area contributed by atoms with E-state index >= 15 is 0 Å². The molecule has 1 unspecified atom stereocenters. The average molecular weight is 257 g/mol. The van der Waals surface area contributed by atoms with Gasteiger partial charge in [-0.05, 0) is 55.6 Å². The second-order valence-corrected chi connectivity index (χ2v) is 5.12. The lowest BCUT2D eigenvalue weighted by atomic mass is 9.89. The molecule has 0 heterocycles. The van der Waals surface area contributed by atoms with Crippen molar-refractivity contribution in [1.29, 1.82) is 0 Å². The van der Waals surface area contributed by atoms with Crippen LogP contribution in [-0.2, 0) is 6.42 Å². The van der Waals surface area contributed by atoms with E-state index in [1.807, 2.05) is 19.1 Å². The molecule has 19 heavy (non-hydrogen) atoms. The van der Waals surface area contributed by atoms with E-state index in [4.69, 9.17) is 5.73 Å². The summed E-state index contributed by atoms with van der Waals surface area (Å²) in [5.74, 6) is 0.0565. The van der Waals surface area contributed by atoms with Gasteiger partial charge in [-0.1, -0.05) is 35.9 Å². The van der Waals surface area contributed by atoms with Crippen LogP contribution in [0.5, 0.6) is 0 Å². The van der Waals surface area contributed by atoms with Crippen LogP contribution >= 0.6 is 0 Å². The maximum Gasteiger partial charge on any atom is 0.123 e. The summed E-state index contributed by atoms with van der Waals surface area (Å²) in [5, 5.41) is 0. The first-order chi connectivity index (χ1) is 9.10. The van der Waals surface area contributed by atoms with Crippen LogP contribution in [0.2, 0.25) is 0 Å². The fourth-order valence-electron chi connectivity index (χ4n) is 2.39. The fourth-order valence-corrected chi connectivity index (χ4v) is 2.39. The summed E-state index contributed by atoms with van der Waals surface area (Å²) in [6.07, 6.45) is 0.781. The first kappa shape index (κ1) is 13.8. The van der Waals surface area contributed by atoms with E-state index in [1.54, 1.807) is 6.07 Å². The topological polar surface area (TPSA) is 26.0 Å². The predicted molar refractivity (Wildman–Crippen MR) is 77.8 cm³/mol. The number of benzene rings is 2. The monoisotopic (exact) mass is 257 g/mol. The van der Waals surface area contributed by atoms with Crippen LogP contribution < -0.4 is 5.73 Å². The van der Waals surface area contributed by atoms with Gasteiger partial charge in [-0.15, -0.1) is 0 Å². The van der Waals surface area contributed by atoms with Gasteiger partial charge in [0.25, 0.3) is 0 Å². The van der Waals surface area contributed by atoms with Gasteiger partial charge in [-0.25, -0.2) is 4.39 Å². The molecule has 0 spiro atoms. The van der Waals surface area contributed by atoms with E-state index in [0.717, 1.165) is 17.5 Å². The number of halogens is 1. The summed E-state index contributed by atoms with van der Waals surface area (Å²) >= 11 is 0. The number of hydrogen-bond acceptors (Lipinski definition) is 1. The molecule has 0 aliphatic heterocycles. The van der Waals surface area contributed by atoms with Gasteiger partial charge >= 0.3 is 0 Å². The molecular formula is C17H20FN. The van der Waals surface area contributed by atoms with Crippen molar-refractivity contribution in [2.75, 3.05) is 6.54 Å². The SMILES string of the molecule is Cc1cccc(C(CN)Cc2cc(F)ccc2C)c1. The standard InChI is InChI=1S/C17H20FN/c1-12-4-3-5-14(8-12)16(11-19)9-15-10-17(18)7-6-13(15)2/h3-8,10,16H,9,11,19H2,1-2H3. The summed E-state index contributed by atoms with van der Waals surface area (Å²) in [6.45, 7) is 4.66. The lowest BCUT2D eigenvalue weighted by molar-refractivity contribution is 0.619. The first-order valence-corrected chi connectivity index (χ1v) is 6.62. The predicted octanol–water partition coefficient (Wildman–Crippen LogP) is 3.73. The van der Waals surface area contributed by atoms with Crippen molar-refractivity contribution in [2.45, 2.75) is 26.2 Å². The summed E-state index contributed by atoms with van der Waals surface area (Å²) in [6, 6.07) is 13.3. The smallest absolute Gasteiger partial charge is 0.123 e. The van der Waals surface area contributed by atoms with E-state index in [2.05, 4.69) is 25.1 Å². The molecule has 2 heteroatoms. The third-order valence-corrected chi connectivity index (χ3v) is 3.58. The Morgan fingerprint density at radius 2 is 1.89 bits per heavy atom. The molecule has 0 radical (unpaired) electrons. The highest BCUT2D eigenvalue weighted by Crippen LogP contribution is 2.23. The Morgan fingerprint density at radius 3 is 2.58 bits per heavy atom. The highest BCUT2D eigenvalue weighted by atomic mass is 19.1. The number of nitrogens with two attached hydrogens (primary N) is 1. The Morgan fingerprint density at radius 1 is 1.11 bits per heavy atom. The van der Waals surface area contributed by atoms with Gasteiger partial charge in [-0.3, -0.25) is 0 Å². The molecule has 2 rings (SSSR count).